The molecule has 5 heteroatoms. The van der Waals surface area contributed by atoms with Gasteiger partial charge in [-0.25, -0.2) is 9.67 Å². The average molecular weight is 264 g/mol. The van der Waals surface area contributed by atoms with E-state index < -0.39 is 0 Å². The van der Waals surface area contributed by atoms with Crippen molar-refractivity contribution in [3.8, 4) is 0 Å². The van der Waals surface area contributed by atoms with Gasteiger partial charge in [0.1, 0.15) is 12.2 Å². The summed E-state index contributed by atoms with van der Waals surface area (Å²) in [6.45, 7) is 6.41. The molecule has 2 rings (SSSR count). The fraction of sp³-hybridized carbons (Fsp3) is 0.538. The summed E-state index contributed by atoms with van der Waals surface area (Å²) >= 11 is 1.80. The molecule has 2 aromatic heterocycles. The van der Waals surface area contributed by atoms with Crippen molar-refractivity contribution < 1.29 is 0 Å². The lowest BCUT2D eigenvalue weighted by molar-refractivity contribution is 0.479. The first-order valence-corrected chi connectivity index (χ1v) is 7.11. The van der Waals surface area contributed by atoms with E-state index in [1.165, 1.54) is 10.4 Å². The average Bonchev–Trinajstić information content (AvgIpc) is 2.94. The van der Waals surface area contributed by atoms with E-state index >= 15 is 0 Å². The molecule has 0 spiro atoms. The van der Waals surface area contributed by atoms with Crippen molar-refractivity contribution in [2.75, 3.05) is 7.05 Å². The maximum atomic E-state index is 4.38. The van der Waals surface area contributed by atoms with Crippen molar-refractivity contribution in [3.05, 3.63) is 34.0 Å². The van der Waals surface area contributed by atoms with Gasteiger partial charge in [-0.3, -0.25) is 0 Å². The first-order valence-electron chi connectivity index (χ1n) is 6.23. The van der Waals surface area contributed by atoms with Crippen LogP contribution in [0.1, 0.15) is 42.2 Å². The quantitative estimate of drug-likeness (QED) is 0.903. The molecule has 1 N–H and O–H groups in total. The third-order valence-electron chi connectivity index (χ3n) is 3.09. The van der Waals surface area contributed by atoms with Gasteiger partial charge in [0.05, 0.1) is 0 Å². The highest BCUT2D eigenvalue weighted by molar-refractivity contribution is 7.10. The topological polar surface area (TPSA) is 42.7 Å². The van der Waals surface area contributed by atoms with E-state index in [4.69, 9.17) is 0 Å². The Morgan fingerprint density at radius 3 is 2.78 bits per heavy atom. The molecule has 0 radical (unpaired) electrons. The Morgan fingerprint density at radius 1 is 1.44 bits per heavy atom. The van der Waals surface area contributed by atoms with E-state index in [1.54, 1.807) is 17.7 Å². The molecule has 4 nitrogen and oxygen atoms in total. The summed E-state index contributed by atoms with van der Waals surface area (Å²) in [7, 11) is 2.00. The van der Waals surface area contributed by atoms with Crippen LogP contribution < -0.4 is 5.32 Å². The van der Waals surface area contributed by atoms with Gasteiger partial charge in [-0.2, -0.15) is 5.10 Å². The van der Waals surface area contributed by atoms with Gasteiger partial charge in [0, 0.05) is 23.4 Å². The molecule has 0 aromatic carbocycles. The lowest BCUT2D eigenvalue weighted by Crippen LogP contribution is -2.21. The molecular weight excluding hydrogens is 244 g/mol. The molecule has 0 amide bonds. The van der Waals surface area contributed by atoms with Crippen molar-refractivity contribution >= 4 is 11.3 Å². The largest absolute Gasteiger partial charge is 0.312 e. The molecule has 0 aliphatic rings. The number of aryl methyl sites for hydroxylation is 1. The van der Waals surface area contributed by atoms with E-state index in [0.29, 0.717) is 12.1 Å². The Balaban J connectivity index is 2.21. The molecule has 0 saturated carbocycles. The number of hydrogen-bond donors (Lipinski definition) is 1. The van der Waals surface area contributed by atoms with Crippen LogP contribution in [-0.2, 0) is 6.42 Å². The molecule has 0 saturated heterocycles. The lowest BCUT2D eigenvalue weighted by Gasteiger charge is -2.17. The fourth-order valence-corrected chi connectivity index (χ4v) is 3.14. The molecule has 0 aliphatic heterocycles. The smallest absolute Gasteiger partial charge is 0.138 e. The first-order chi connectivity index (χ1) is 8.63. The minimum Gasteiger partial charge on any atom is -0.312 e. The lowest BCUT2D eigenvalue weighted by atomic mass is 10.1. The van der Waals surface area contributed by atoms with Crippen LogP contribution in [0.3, 0.4) is 0 Å². The minimum atomic E-state index is 0.312. The minimum absolute atomic E-state index is 0.312. The molecule has 98 valence electrons. The molecular formula is C13H20N4S. The third kappa shape index (κ3) is 2.62. The number of hydrogen-bond acceptors (Lipinski definition) is 4. The van der Waals surface area contributed by atoms with Crippen molar-refractivity contribution in [1.82, 2.24) is 20.1 Å². The zero-order chi connectivity index (χ0) is 13.1. The maximum Gasteiger partial charge on any atom is 0.138 e. The normalized spacial score (nSPS) is 13.2. The molecule has 1 atom stereocenters. The summed E-state index contributed by atoms with van der Waals surface area (Å²) in [6.07, 6.45) is 2.51. The predicted molar refractivity (Wildman–Crippen MR) is 75.0 cm³/mol. The number of thiophene rings is 1. The first kappa shape index (κ1) is 13.2. The summed E-state index contributed by atoms with van der Waals surface area (Å²) in [5.41, 5.74) is 1.34. The van der Waals surface area contributed by atoms with E-state index in [1.807, 2.05) is 11.7 Å². The van der Waals surface area contributed by atoms with E-state index in [0.717, 1.165) is 12.2 Å². The summed E-state index contributed by atoms with van der Waals surface area (Å²) in [5.74, 6) is 1.04. The Morgan fingerprint density at radius 2 is 2.22 bits per heavy atom. The van der Waals surface area contributed by atoms with E-state index in [2.05, 4.69) is 47.6 Å². The molecule has 2 aromatic rings. The molecule has 2 heterocycles. The maximum absolute atomic E-state index is 4.38. The van der Waals surface area contributed by atoms with Crippen LogP contribution in [0, 0.1) is 6.92 Å². The van der Waals surface area contributed by atoms with Crippen LogP contribution in [-0.4, -0.2) is 21.8 Å². The SMILES string of the molecule is CNC(Cc1ncnn1C(C)C)c1sccc1C. The summed E-state index contributed by atoms with van der Waals surface area (Å²) in [5, 5.41) is 9.81. The van der Waals surface area contributed by atoms with Crippen molar-refractivity contribution in [1.29, 1.82) is 0 Å². The predicted octanol–water partition coefficient (Wildman–Crippen LogP) is 2.73. The number of nitrogens with zero attached hydrogens (tertiary/aromatic N) is 3. The molecule has 0 bridgehead atoms. The Labute approximate surface area is 112 Å². The molecule has 18 heavy (non-hydrogen) atoms. The van der Waals surface area contributed by atoms with Crippen molar-refractivity contribution in [3.63, 3.8) is 0 Å². The van der Waals surface area contributed by atoms with Gasteiger partial charge >= 0.3 is 0 Å². The highest BCUT2D eigenvalue weighted by atomic mass is 32.1. The summed E-state index contributed by atoms with van der Waals surface area (Å²) < 4.78 is 1.99. The Kier molecular flexibility index (Phi) is 4.14. The van der Waals surface area contributed by atoms with Gasteiger partial charge in [-0.05, 0) is 44.8 Å². The second kappa shape index (κ2) is 5.63. The van der Waals surface area contributed by atoms with Crippen molar-refractivity contribution in [2.45, 2.75) is 39.3 Å². The van der Waals surface area contributed by atoms with Gasteiger partial charge in [-0.15, -0.1) is 11.3 Å². The summed E-state index contributed by atoms with van der Waals surface area (Å²) in [4.78, 5) is 5.77. The monoisotopic (exact) mass is 264 g/mol. The van der Waals surface area contributed by atoms with Crippen LogP contribution in [0.15, 0.2) is 17.8 Å². The molecule has 1 unspecified atom stereocenters. The Bertz CT molecular complexity index is 501. The number of rotatable bonds is 5. The van der Waals surface area contributed by atoms with Gasteiger partial charge < -0.3 is 5.32 Å². The highest BCUT2D eigenvalue weighted by Gasteiger charge is 2.17. The Hall–Kier alpha value is -1.20. The zero-order valence-corrected chi connectivity index (χ0v) is 12.2. The van der Waals surface area contributed by atoms with Crippen LogP contribution in [0.25, 0.3) is 0 Å². The molecule has 0 aliphatic carbocycles. The number of aromatic nitrogens is 3. The van der Waals surface area contributed by atoms with Gasteiger partial charge in [-0.1, -0.05) is 0 Å². The van der Waals surface area contributed by atoms with E-state index in [-0.39, 0.29) is 0 Å². The van der Waals surface area contributed by atoms with E-state index in [9.17, 15) is 0 Å². The molecule has 0 fully saturated rings. The fourth-order valence-electron chi connectivity index (χ4n) is 2.10. The van der Waals surface area contributed by atoms with Gasteiger partial charge in [0.2, 0.25) is 0 Å². The van der Waals surface area contributed by atoms with Crippen LogP contribution in [0.4, 0.5) is 0 Å². The zero-order valence-electron chi connectivity index (χ0n) is 11.3. The second-order valence-electron chi connectivity index (χ2n) is 4.73. The number of nitrogens with one attached hydrogen (secondary N) is 1. The van der Waals surface area contributed by atoms with Crippen LogP contribution >= 0.6 is 11.3 Å². The van der Waals surface area contributed by atoms with Gasteiger partial charge in [0.25, 0.3) is 0 Å². The van der Waals surface area contributed by atoms with Crippen LogP contribution in [0.2, 0.25) is 0 Å². The van der Waals surface area contributed by atoms with Crippen molar-refractivity contribution in [2.24, 2.45) is 0 Å². The second-order valence-corrected chi connectivity index (χ2v) is 5.68. The summed E-state index contributed by atoms with van der Waals surface area (Å²) in [6, 6.07) is 2.83. The highest BCUT2D eigenvalue weighted by Crippen LogP contribution is 2.26. The third-order valence-corrected chi connectivity index (χ3v) is 4.22. The van der Waals surface area contributed by atoms with Gasteiger partial charge in [0.15, 0.2) is 0 Å². The van der Waals surface area contributed by atoms with Crippen LogP contribution in [0.5, 0.6) is 0 Å². The number of likely N-dealkylation sites (N-methyl/N-ethyl adjacent to an activating group) is 1. The standard InChI is InChI=1S/C13H20N4S/c1-9(2)17-12(15-8-16-17)7-11(14-4)13-10(3)5-6-18-13/h5-6,8-9,11,14H,7H2,1-4H3.